The van der Waals surface area contributed by atoms with Crippen molar-refractivity contribution in [3.05, 3.63) is 93.2 Å². The lowest BCUT2D eigenvalue weighted by molar-refractivity contribution is 0.101. The molecule has 4 aromatic rings. The molecule has 4 rings (SSSR count). The van der Waals surface area contributed by atoms with Crippen LogP contribution in [0.3, 0.4) is 0 Å². The van der Waals surface area contributed by atoms with E-state index in [1.165, 1.54) is 12.1 Å². The number of amides is 1. The maximum atomic E-state index is 13.8. The first-order chi connectivity index (χ1) is 15.4. The molecular formula is C23H20BrFN4O3. The molecule has 2 heterocycles. The number of rotatable bonds is 7. The van der Waals surface area contributed by atoms with Gasteiger partial charge < -0.3 is 14.6 Å². The Hall–Kier alpha value is -3.46. The van der Waals surface area contributed by atoms with Gasteiger partial charge in [0.2, 0.25) is 0 Å². The Morgan fingerprint density at radius 2 is 1.94 bits per heavy atom. The average Bonchev–Trinajstić information content (AvgIpc) is 3.31. The Morgan fingerprint density at radius 3 is 2.69 bits per heavy atom. The fraction of sp³-hybridized carbons (Fsp3) is 0.174. The van der Waals surface area contributed by atoms with E-state index >= 15 is 0 Å². The zero-order chi connectivity index (χ0) is 22.7. The lowest BCUT2D eigenvalue weighted by atomic mass is 10.2. The number of halogens is 2. The summed E-state index contributed by atoms with van der Waals surface area (Å²) in [6.45, 7) is 4.09. The van der Waals surface area contributed by atoms with Crippen LogP contribution in [0.5, 0.6) is 5.75 Å². The number of anilines is 1. The summed E-state index contributed by atoms with van der Waals surface area (Å²) in [6, 6.07) is 15.8. The summed E-state index contributed by atoms with van der Waals surface area (Å²) >= 11 is 3.42. The molecule has 2 aromatic heterocycles. The first-order valence-electron chi connectivity index (χ1n) is 9.83. The summed E-state index contributed by atoms with van der Waals surface area (Å²) in [5.41, 5.74) is 2.48. The third-order valence-electron chi connectivity index (χ3n) is 4.88. The molecule has 2 aromatic carbocycles. The van der Waals surface area contributed by atoms with Crippen LogP contribution in [0.25, 0.3) is 0 Å². The molecule has 0 aliphatic carbocycles. The van der Waals surface area contributed by atoms with E-state index in [9.17, 15) is 9.18 Å². The number of aryl methyl sites for hydroxylation is 2. The summed E-state index contributed by atoms with van der Waals surface area (Å²) in [7, 11) is 0. The van der Waals surface area contributed by atoms with Gasteiger partial charge in [0, 0.05) is 16.2 Å². The summed E-state index contributed by atoms with van der Waals surface area (Å²) in [6.07, 6.45) is 0. The van der Waals surface area contributed by atoms with Crippen molar-refractivity contribution in [2.75, 3.05) is 5.32 Å². The minimum absolute atomic E-state index is 0.0595. The van der Waals surface area contributed by atoms with E-state index in [0.29, 0.717) is 23.7 Å². The second-order valence-corrected chi connectivity index (χ2v) is 8.11. The van der Waals surface area contributed by atoms with Crippen molar-refractivity contribution in [1.29, 1.82) is 0 Å². The first kappa shape index (κ1) is 21.8. The highest BCUT2D eigenvalue weighted by molar-refractivity contribution is 9.10. The Balaban J connectivity index is 1.46. The number of carbonyl (C=O) groups excluding carboxylic acids is 1. The number of hydrogen-bond acceptors (Lipinski definition) is 5. The van der Waals surface area contributed by atoms with Gasteiger partial charge in [0.15, 0.2) is 23.1 Å². The maximum Gasteiger partial charge on any atom is 0.279 e. The van der Waals surface area contributed by atoms with Crippen molar-refractivity contribution in [3.8, 4) is 5.75 Å². The van der Waals surface area contributed by atoms with Crippen molar-refractivity contribution in [1.82, 2.24) is 14.9 Å². The molecule has 0 aliphatic rings. The molecule has 0 saturated carbocycles. The molecule has 164 valence electrons. The monoisotopic (exact) mass is 498 g/mol. The predicted octanol–water partition coefficient (Wildman–Crippen LogP) is 5.27. The van der Waals surface area contributed by atoms with Gasteiger partial charge in [0.05, 0.1) is 12.1 Å². The number of hydrogen-bond donors (Lipinski definition) is 1. The number of nitrogens with zero attached hydrogens (tertiary/aromatic N) is 3. The quantitative estimate of drug-likeness (QED) is 0.375. The second-order valence-electron chi connectivity index (χ2n) is 7.19. The average molecular weight is 499 g/mol. The van der Waals surface area contributed by atoms with E-state index in [-0.39, 0.29) is 18.1 Å². The van der Waals surface area contributed by atoms with Crippen LogP contribution in [0.1, 0.15) is 33.1 Å². The van der Waals surface area contributed by atoms with Crippen LogP contribution in [-0.2, 0) is 13.2 Å². The first-order valence-corrected chi connectivity index (χ1v) is 10.6. The molecule has 0 fully saturated rings. The van der Waals surface area contributed by atoms with Crippen molar-refractivity contribution >= 4 is 27.7 Å². The van der Waals surface area contributed by atoms with E-state index < -0.39 is 11.7 Å². The molecule has 32 heavy (non-hydrogen) atoms. The molecule has 0 spiro atoms. The van der Waals surface area contributed by atoms with Gasteiger partial charge >= 0.3 is 0 Å². The van der Waals surface area contributed by atoms with Gasteiger partial charge in [-0.25, -0.2) is 4.39 Å². The third-order valence-corrected chi connectivity index (χ3v) is 5.41. The van der Waals surface area contributed by atoms with Gasteiger partial charge in [-0.1, -0.05) is 45.4 Å². The SMILES string of the molecule is Cc1onc(C(=O)Nc2cc(C)n(Cc3ccc(Br)cc3)n2)c1COc1ccccc1F. The lowest BCUT2D eigenvalue weighted by Crippen LogP contribution is -2.16. The van der Waals surface area contributed by atoms with E-state index in [2.05, 4.69) is 31.5 Å². The molecule has 0 unspecified atom stereocenters. The van der Waals surface area contributed by atoms with E-state index in [1.807, 2.05) is 31.2 Å². The van der Waals surface area contributed by atoms with Crippen LogP contribution < -0.4 is 10.1 Å². The van der Waals surface area contributed by atoms with Gasteiger partial charge in [0.25, 0.3) is 5.91 Å². The van der Waals surface area contributed by atoms with Crippen LogP contribution in [0.4, 0.5) is 10.2 Å². The lowest BCUT2D eigenvalue weighted by Gasteiger charge is -2.07. The van der Waals surface area contributed by atoms with Crippen molar-refractivity contribution < 1.29 is 18.4 Å². The molecule has 0 radical (unpaired) electrons. The maximum absolute atomic E-state index is 13.8. The Morgan fingerprint density at radius 1 is 1.19 bits per heavy atom. The molecule has 0 bridgehead atoms. The third kappa shape index (κ3) is 4.88. The minimum atomic E-state index is -0.487. The van der Waals surface area contributed by atoms with Crippen LogP contribution in [0.15, 0.2) is 63.6 Å². The number of nitrogens with one attached hydrogen (secondary N) is 1. The molecule has 9 heteroatoms. The molecule has 0 aliphatic heterocycles. The highest BCUT2D eigenvalue weighted by atomic mass is 79.9. The highest BCUT2D eigenvalue weighted by Gasteiger charge is 2.22. The molecular weight excluding hydrogens is 479 g/mol. The number of aromatic nitrogens is 3. The van der Waals surface area contributed by atoms with Gasteiger partial charge in [-0.2, -0.15) is 5.10 Å². The summed E-state index contributed by atoms with van der Waals surface area (Å²) in [5.74, 6) is -0.0712. The summed E-state index contributed by atoms with van der Waals surface area (Å²) < 4.78 is 27.3. The zero-order valence-corrected chi connectivity index (χ0v) is 19.0. The van der Waals surface area contributed by atoms with Crippen LogP contribution in [-0.4, -0.2) is 20.8 Å². The Bertz CT molecular complexity index is 1250. The number of carbonyl (C=O) groups is 1. The topological polar surface area (TPSA) is 82.2 Å². The molecule has 0 saturated heterocycles. The van der Waals surface area contributed by atoms with Gasteiger partial charge in [-0.3, -0.25) is 9.48 Å². The number of para-hydroxylation sites is 1. The standard InChI is InChI=1S/C23H20BrFN4O3/c1-14-11-21(27-29(14)12-16-7-9-17(24)10-8-16)26-23(30)22-18(15(2)32-28-22)13-31-20-6-4-3-5-19(20)25/h3-11H,12-13H2,1-2H3,(H,26,27,30). The Kier molecular flexibility index (Phi) is 6.36. The van der Waals surface area contributed by atoms with Crippen LogP contribution >= 0.6 is 15.9 Å². The number of benzene rings is 2. The van der Waals surface area contributed by atoms with E-state index in [1.54, 1.807) is 29.8 Å². The predicted molar refractivity (Wildman–Crippen MR) is 120 cm³/mol. The van der Waals surface area contributed by atoms with Crippen LogP contribution in [0, 0.1) is 19.7 Å². The fourth-order valence-electron chi connectivity index (χ4n) is 3.12. The molecule has 0 atom stereocenters. The summed E-state index contributed by atoms with van der Waals surface area (Å²) in [4.78, 5) is 12.8. The minimum Gasteiger partial charge on any atom is -0.486 e. The number of ether oxygens (including phenoxy) is 1. The van der Waals surface area contributed by atoms with Gasteiger partial charge in [-0.05, 0) is 43.7 Å². The van der Waals surface area contributed by atoms with Crippen molar-refractivity contribution in [3.63, 3.8) is 0 Å². The largest absolute Gasteiger partial charge is 0.486 e. The van der Waals surface area contributed by atoms with Crippen LogP contribution in [0.2, 0.25) is 0 Å². The van der Waals surface area contributed by atoms with Crippen molar-refractivity contribution in [2.24, 2.45) is 0 Å². The van der Waals surface area contributed by atoms with E-state index in [4.69, 9.17) is 9.26 Å². The van der Waals surface area contributed by atoms with E-state index in [0.717, 1.165) is 15.7 Å². The second kappa shape index (κ2) is 9.35. The normalized spacial score (nSPS) is 10.9. The summed E-state index contributed by atoms with van der Waals surface area (Å²) in [5, 5.41) is 11.1. The highest BCUT2D eigenvalue weighted by Crippen LogP contribution is 2.21. The Labute approximate surface area is 192 Å². The molecule has 1 amide bonds. The fourth-order valence-corrected chi connectivity index (χ4v) is 3.39. The smallest absolute Gasteiger partial charge is 0.279 e. The van der Waals surface area contributed by atoms with Gasteiger partial charge in [-0.15, -0.1) is 0 Å². The van der Waals surface area contributed by atoms with Gasteiger partial charge in [0.1, 0.15) is 12.4 Å². The molecule has 1 N–H and O–H groups in total. The van der Waals surface area contributed by atoms with Crippen molar-refractivity contribution in [2.45, 2.75) is 27.0 Å². The zero-order valence-electron chi connectivity index (χ0n) is 17.4. The molecule has 7 nitrogen and oxygen atoms in total.